The lowest BCUT2D eigenvalue weighted by Crippen LogP contribution is -2.17. The molecule has 3 rings (SSSR count). The molecule has 96 valence electrons. The van der Waals surface area contributed by atoms with Crippen LogP contribution in [0.1, 0.15) is 15.9 Å². The predicted molar refractivity (Wildman–Crippen MR) is 75.0 cm³/mol. The average molecular weight is 254 g/mol. The van der Waals surface area contributed by atoms with E-state index in [4.69, 9.17) is 5.73 Å². The monoisotopic (exact) mass is 254 g/mol. The molecule has 2 aromatic rings. The van der Waals surface area contributed by atoms with Crippen molar-refractivity contribution in [1.82, 2.24) is 0 Å². The Morgan fingerprint density at radius 1 is 1.16 bits per heavy atom. The molecule has 0 aliphatic carbocycles. The van der Waals surface area contributed by atoms with Gasteiger partial charge in [-0.3, -0.25) is 0 Å². The van der Waals surface area contributed by atoms with Crippen molar-refractivity contribution in [3.05, 3.63) is 53.6 Å². The van der Waals surface area contributed by atoms with E-state index in [9.17, 15) is 9.90 Å². The normalized spacial score (nSPS) is 13.4. The van der Waals surface area contributed by atoms with E-state index in [0.717, 1.165) is 18.7 Å². The first-order chi connectivity index (χ1) is 9.16. The van der Waals surface area contributed by atoms with Crippen molar-refractivity contribution in [1.29, 1.82) is 0 Å². The number of para-hydroxylation sites is 1. The third-order valence-electron chi connectivity index (χ3n) is 3.43. The highest BCUT2D eigenvalue weighted by molar-refractivity contribution is 5.97. The molecule has 2 aromatic carbocycles. The molecule has 3 N–H and O–H groups in total. The Kier molecular flexibility index (Phi) is 2.63. The second-order valence-corrected chi connectivity index (χ2v) is 4.61. The van der Waals surface area contributed by atoms with Crippen LogP contribution in [-0.4, -0.2) is 17.6 Å². The van der Waals surface area contributed by atoms with Gasteiger partial charge in [-0.05, 0) is 36.2 Å². The van der Waals surface area contributed by atoms with Crippen LogP contribution in [0.25, 0.3) is 0 Å². The number of nitrogen functional groups attached to an aromatic ring is 1. The molecular weight excluding hydrogens is 240 g/mol. The van der Waals surface area contributed by atoms with E-state index in [0.29, 0.717) is 11.4 Å². The summed E-state index contributed by atoms with van der Waals surface area (Å²) in [6.07, 6.45) is 0.921. The summed E-state index contributed by atoms with van der Waals surface area (Å²) in [5.41, 5.74) is 9.62. The van der Waals surface area contributed by atoms with Crippen LogP contribution in [0.3, 0.4) is 0 Å². The van der Waals surface area contributed by atoms with Gasteiger partial charge in [0, 0.05) is 17.9 Å². The van der Waals surface area contributed by atoms with E-state index in [2.05, 4.69) is 6.07 Å². The van der Waals surface area contributed by atoms with E-state index >= 15 is 0 Å². The Bertz CT molecular complexity index is 652. The zero-order valence-corrected chi connectivity index (χ0v) is 10.3. The first-order valence-electron chi connectivity index (χ1n) is 6.15. The van der Waals surface area contributed by atoms with Crippen LogP contribution in [0.15, 0.2) is 42.5 Å². The van der Waals surface area contributed by atoms with Crippen LogP contribution in [0.4, 0.5) is 17.1 Å². The van der Waals surface area contributed by atoms with Crippen molar-refractivity contribution in [2.45, 2.75) is 6.42 Å². The second kappa shape index (κ2) is 4.31. The molecule has 1 aliphatic rings. The molecule has 4 nitrogen and oxygen atoms in total. The standard InChI is InChI=1S/C15H14N2O2/c16-11-5-6-12(15(18)19)14(9-11)17-8-7-10-3-1-2-4-13(10)17/h1-6,9H,7-8,16H2,(H,18,19). The van der Waals surface area contributed by atoms with Gasteiger partial charge in [0.1, 0.15) is 0 Å². The summed E-state index contributed by atoms with van der Waals surface area (Å²) in [7, 11) is 0. The van der Waals surface area contributed by atoms with Gasteiger partial charge in [0.2, 0.25) is 0 Å². The second-order valence-electron chi connectivity index (χ2n) is 4.61. The number of aromatic carboxylic acids is 1. The van der Waals surface area contributed by atoms with Crippen LogP contribution < -0.4 is 10.6 Å². The van der Waals surface area contributed by atoms with Crippen molar-refractivity contribution < 1.29 is 9.90 Å². The van der Waals surface area contributed by atoms with Gasteiger partial charge in [0.25, 0.3) is 0 Å². The van der Waals surface area contributed by atoms with E-state index in [1.807, 2.05) is 23.1 Å². The smallest absolute Gasteiger partial charge is 0.337 e. The summed E-state index contributed by atoms with van der Waals surface area (Å²) >= 11 is 0. The average Bonchev–Trinajstić information content (AvgIpc) is 2.82. The van der Waals surface area contributed by atoms with Crippen molar-refractivity contribution in [2.24, 2.45) is 0 Å². The Balaban J connectivity index is 2.13. The van der Waals surface area contributed by atoms with Gasteiger partial charge in [-0.15, -0.1) is 0 Å². The molecule has 0 bridgehead atoms. The van der Waals surface area contributed by atoms with Gasteiger partial charge >= 0.3 is 5.97 Å². The number of nitrogens with zero attached hydrogens (tertiary/aromatic N) is 1. The predicted octanol–water partition coefficient (Wildman–Crippen LogP) is 2.66. The summed E-state index contributed by atoms with van der Waals surface area (Å²) in [6, 6.07) is 13.0. The maximum Gasteiger partial charge on any atom is 0.337 e. The Morgan fingerprint density at radius 2 is 1.95 bits per heavy atom. The Labute approximate surface area is 111 Å². The summed E-state index contributed by atoms with van der Waals surface area (Å²) in [5, 5.41) is 9.30. The third kappa shape index (κ3) is 1.91. The molecule has 0 radical (unpaired) electrons. The molecule has 0 amide bonds. The lowest BCUT2D eigenvalue weighted by molar-refractivity contribution is 0.0697. The minimum atomic E-state index is -0.931. The highest BCUT2D eigenvalue weighted by Crippen LogP contribution is 2.36. The minimum absolute atomic E-state index is 0.283. The van der Waals surface area contributed by atoms with Gasteiger partial charge < -0.3 is 15.7 Å². The number of fused-ring (bicyclic) bond motifs is 1. The largest absolute Gasteiger partial charge is 0.478 e. The number of hydrogen-bond donors (Lipinski definition) is 2. The van der Waals surface area contributed by atoms with Gasteiger partial charge in [-0.2, -0.15) is 0 Å². The zero-order valence-electron chi connectivity index (χ0n) is 10.3. The van der Waals surface area contributed by atoms with Crippen LogP contribution in [0.5, 0.6) is 0 Å². The van der Waals surface area contributed by atoms with Crippen LogP contribution >= 0.6 is 0 Å². The Morgan fingerprint density at radius 3 is 2.74 bits per heavy atom. The van der Waals surface area contributed by atoms with Gasteiger partial charge in [-0.1, -0.05) is 18.2 Å². The van der Waals surface area contributed by atoms with Crippen LogP contribution in [-0.2, 0) is 6.42 Å². The fourth-order valence-corrected chi connectivity index (χ4v) is 2.54. The van der Waals surface area contributed by atoms with Crippen LogP contribution in [0.2, 0.25) is 0 Å². The van der Waals surface area contributed by atoms with Crippen molar-refractivity contribution in [3.8, 4) is 0 Å². The quantitative estimate of drug-likeness (QED) is 0.808. The van der Waals surface area contributed by atoms with Gasteiger partial charge in [0.05, 0.1) is 11.3 Å². The number of benzene rings is 2. The fraction of sp³-hybridized carbons (Fsp3) is 0.133. The number of carboxylic acids is 1. The van der Waals surface area contributed by atoms with Gasteiger partial charge in [0.15, 0.2) is 0 Å². The number of carboxylic acid groups (broad SMARTS) is 1. The molecule has 0 atom stereocenters. The lowest BCUT2D eigenvalue weighted by Gasteiger charge is -2.22. The zero-order chi connectivity index (χ0) is 13.4. The van der Waals surface area contributed by atoms with E-state index in [1.165, 1.54) is 5.56 Å². The summed E-state index contributed by atoms with van der Waals surface area (Å²) < 4.78 is 0. The molecule has 1 aliphatic heterocycles. The van der Waals surface area contributed by atoms with Crippen molar-refractivity contribution in [2.75, 3.05) is 17.2 Å². The first-order valence-corrected chi connectivity index (χ1v) is 6.15. The van der Waals surface area contributed by atoms with Crippen LogP contribution in [0, 0.1) is 0 Å². The lowest BCUT2D eigenvalue weighted by atomic mass is 10.1. The van der Waals surface area contributed by atoms with E-state index in [-0.39, 0.29) is 5.56 Å². The van der Waals surface area contributed by atoms with Gasteiger partial charge in [-0.25, -0.2) is 4.79 Å². The molecule has 1 heterocycles. The molecular formula is C15H14N2O2. The van der Waals surface area contributed by atoms with Crippen molar-refractivity contribution in [3.63, 3.8) is 0 Å². The molecule has 0 saturated carbocycles. The number of hydrogen-bond acceptors (Lipinski definition) is 3. The summed E-state index contributed by atoms with van der Waals surface area (Å²) in [4.78, 5) is 13.4. The highest BCUT2D eigenvalue weighted by atomic mass is 16.4. The molecule has 0 unspecified atom stereocenters. The molecule has 19 heavy (non-hydrogen) atoms. The maximum atomic E-state index is 11.3. The number of nitrogens with two attached hydrogens (primary N) is 1. The van der Waals surface area contributed by atoms with E-state index < -0.39 is 5.97 Å². The number of anilines is 3. The molecule has 0 saturated heterocycles. The SMILES string of the molecule is Nc1ccc(C(=O)O)c(N2CCc3ccccc32)c1. The van der Waals surface area contributed by atoms with Crippen molar-refractivity contribution >= 4 is 23.0 Å². The van der Waals surface area contributed by atoms with E-state index in [1.54, 1.807) is 18.2 Å². The molecule has 4 heteroatoms. The number of carbonyl (C=O) groups is 1. The first kappa shape index (κ1) is 11.6. The highest BCUT2D eigenvalue weighted by Gasteiger charge is 2.23. The summed E-state index contributed by atoms with van der Waals surface area (Å²) in [6.45, 7) is 0.781. The molecule has 0 spiro atoms. The molecule has 0 aromatic heterocycles. The minimum Gasteiger partial charge on any atom is -0.478 e. The molecule has 0 fully saturated rings. The number of rotatable bonds is 2. The Hall–Kier alpha value is -2.49. The third-order valence-corrected chi connectivity index (χ3v) is 3.43. The summed E-state index contributed by atoms with van der Waals surface area (Å²) in [5.74, 6) is -0.931. The maximum absolute atomic E-state index is 11.3. The fourth-order valence-electron chi connectivity index (χ4n) is 2.54. The topological polar surface area (TPSA) is 66.6 Å².